The highest BCUT2D eigenvalue weighted by molar-refractivity contribution is 7.13. The van der Waals surface area contributed by atoms with Crippen molar-refractivity contribution in [3.8, 4) is 5.75 Å². The number of ether oxygens (including phenoxy) is 1. The number of aryl methyl sites for hydroxylation is 1. The summed E-state index contributed by atoms with van der Waals surface area (Å²) in [6, 6.07) is 11.2. The zero-order valence-corrected chi connectivity index (χ0v) is 15.1. The third-order valence-electron chi connectivity index (χ3n) is 3.37. The van der Waals surface area contributed by atoms with Gasteiger partial charge in [0, 0.05) is 4.88 Å². The normalized spacial score (nSPS) is 11.0. The molecule has 0 atom stereocenters. The van der Waals surface area contributed by atoms with Crippen molar-refractivity contribution in [1.29, 1.82) is 0 Å². The number of hydrazine groups is 1. The molecule has 1 heterocycles. The van der Waals surface area contributed by atoms with E-state index in [-0.39, 0.29) is 17.9 Å². The van der Waals surface area contributed by atoms with Crippen LogP contribution in [0.5, 0.6) is 5.75 Å². The quantitative estimate of drug-likeness (QED) is 0.836. The van der Waals surface area contributed by atoms with Crippen molar-refractivity contribution in [2.45, 2.75) is 33.1 Å². The molecule has 128 valence electrons. The van der Waals surface area contributed by atoms with Crippen molar-refractivity contribution in [1.82, 2.24) is 10.9 Å². The van der Waals surface area contributed by atoms with E-state index in [0.717, 1.165) is 4.88 Å². The second-order valence-corrected chi connectivity index (χ2v) is 7.76. The molecule has 0 saturated heterocycles. The van der Waals surface area contributed by atoms with Gasteiger partial charge >= 0.3 is 0 Å². The fourth-order valence-electron chi connectivity index (χ4n) is 1.98. The van der Waals surface area contributed by atoms with Crippen LogP contribution in [0.1, 0.15) is 40.9 Å². The lowest BCUT2D eigenvalue weighted by atomic mass is 9.87. The van der Waals surface area contributed by atoms with Crippen LogP contribution >= 0.6 is 11.3 Å². The van der Waals surface area contributed by atoms with Crippen LogP contribution in [0.15, 0.2) is 36.4 Å². The molecule has 0 saturated carbocycles. The molecule has 1 aromatic heterocycles. The molecule has 0 fully saturated rings. The summed E-state index contributed by atoms with van der Waals surface area (Å²) in [4.78, 5) is 25.1. The van der Waals surface area contributed by atoms with Crippen LogP contribution in [0, 0.1) is 6.92 Å². The average Bonchev–Trinajstić information content (AvgIpc) is 2.96. The average molecular weight is 346 g/mol. The van der Waals surface area contributed by atoms with E-state index in [9.17, 15) is 9.59 Å². The summed E-state index contributed by atoms with van der Waals surface area (Å²) < 4.78 is 5.42. The topological polar surface area (TPSA) is 67.4 Å². The van der Waals surface area contributed by atoms with Crippen LogP contribution in [-0.4, -0.2) is 18.4 Å². The van der Waals surface area contributed by atoms with Gasteiger partial charge in [0.1, 0.15) is 5.75 Å². The Balaban J connectivity index is 1.78. The van der Waals surface area contributed by atoms with Gasteiger partial charge in [-0.3, -0.25) is 20.4 Å². The minimum atomic E-state index is -0.420. The standard InChI is InChI=1S/C18H22N2O3S/c1-12-5-10-15(24-12)17(22)20-19-16(21)11-23-14-8-6-13(7-9-14)18(2,3)4/h5-10H,11H2,1-4H3,(H,19,21)(H,20,22). The maximum absolute atomic E-state index is 11.8. The van der Waals surface area contributed by atoms with Gasteiger partial charge in [-0.25, -0.2) is 0 Å². The molecule has 0 spiro atoms. The van der Waals surface area contributed by atoms with E-state index in [4.69, 9.17) is 4.74 Å². The summed E-state index contributed by atoms with van der Waals surface area (Å²) >= 11 is 1.37. The minimum absolute atomic E-state index is 0.0698. The number of amides is 2. The highest BCUT2D eigenvalue weighted by atomic mass is 32.1. The first-order chi connectivity index (χ1) is 11.3. The molecule has 0 bridgehead atoms. The molecule has 1 aromatic carbocycles. The van der Waals surface area contributed by atoms with Gasteiger partial charge in [0.05, 0.1) is 4.88 Å². The molecule has 2 N–H and O–H groups in total. The van der Waals surface area contributed by atoms with Gasteiger partial charge < -0.3 is 4.74 Å². The van der Waals surface area contributed by atoms with Gasteiger partial charge in [0.15, 0.2) is 6.61 Å². The van der Waals surface area contributed by atoms with Crippen LogP contribution in [0.25, 0.3) is 0 Å². The van der Waals surface area contributed by atoms with Crippen LogP contribution in [-0.2, 0) is 10.2 Å². The zero-order chi connectivity index (χ0) is 17.7. The lowest BCUT2D eigenvalue weighted by Crippen LogP contribution is -2.43. The van der Waals surface area contributed by atoms with Crippen LogP contribution in [0.2, 0.25) is 0 Å². The molecule has 5 nitrogen and oxygen atoms in total. The Morgan fingerprint density at radius 2 is 1.71 bits per heavy atom. The SMILES string of the molecule is Cc1ccc(C(=O)NNC(=O)COc2ccc(C(C)(C)C)cc2)s1. The fraction of sp³-hybridized carbons (Fsp3) is 0.333. The van der Waals surface area contributed by atoms with E-state index in [1.54, 1.807) is 6.07 Å². The number of benzene rings is 1. The van der Waals surface area contributed by atoms with Gasteiger partial charge in [-0.2, -0.15) is 0 Å². The Kier molecular flexibility index (Phi) is 5.62. The van der Waals surface area contributed by atoms with Crippen molar-refractivity contribution < 1.29 is 14.3 Å². The number of nitrogens with one attached hydrogen (secondary N) is 2. The Labute approximate surface area is 146 Å². The molecule has 6 heteroatoms. The largest absolute Gasteiger partial charge is 0.484 e. The number of carbonyl (C=O) groups excluding carboxylic acids is 2. The van der Waals surface area contributed by atoms with Crippen molar-refractivity contribution >= 4 is 23.2 Å². The molecule has 0 aliphatic carbocycles. The Hall–Kier alpha value is -2.34. The second-order valence-electron chi connectivity index (χ2n) is 6.48. The van der Waals surface area contributed by atoms with Gasteiger partial charge in [0.25, 0.3) is 11.8 Å². The number of rotatable bonds is 4. The predicted molar refractivity (Wildman–Crippen MR) is 95.3 cm³/mol. The number of carbonyl (C=O) groups is 2. The van der Waals surface area contributed by atoms with E-state index in [2.05, 4.69) is 31.6 Å². The molecule has 0 unspecified atom stereocenters. The first kappa shape index (κ1) is 18.0. The highest BCUT2D eigenvalue weighted by Gasteiger charge is 2.13. The molecule has 2 rings (SSSR count). The van der Waals surface area contributed by atoms with E-state index in [1.807, 2.05) is 37.3 Å². The third kappa shape index (κ3) is 5.09. The number of hydrogen-bond donors (Lipinski definition) is 2. The summed E-state index contributed by atoms with van der Waals surface area (Å²) in [6.45, 7) is 8.15. The number of hydrogen-bond acceptors (Lipinski definition) is 4. The maximum Gasteiger partial charge on any atom is 0.279 e. The molecule has 0 aliphatic heterocycles. The highest BCUT2D eigenvalue weighted by Crippen LogP contribution is 2.24. The Bertz CT molecular complexity index is 715. The smallest absolute Gasteiger partial charge is 0.279 e. The molecule has 2 amide bonds. The summed E-state index contributed by atoms with van der Waals surface area (Å²) in [7, 11) is 0. The molecule has 24 heavy (non-hydrogen) atoms. The Morgan fingerprint density at radius 3 is 2.25 bits per heavy atom. The molecule has 2 aromatic rings. The minimum Gasteiger partial charge on any atom is -0.484 e. The van der Waals surface area contributed by atoms with E-state index >= 15 is 0 Å². The molecule has 0 aliphatic rings. The summed E-state index contributed by atoms with van der Waals surface area (Å²) in [5, 5.41) is 0. The van der Waals surface area contributed by atoms with E-state index in [1.165, 1.54) is 16.9 Å². The van der Waals surface area contributed by atoms with Gasteiger partial charge in [-0.1, -0.05) is 32.9 Å². The van der Waals surface area contributed by atoms with E-state index < -0.39 is 5.91 Å². The zero-order valence-electron chi connectivity index (χ0n) is 14.3. The van der Waals surface area contributed by atoms with Crippen LogP contribution < -0.4 is 15.6 Å². The van der Waals surface area contributed by atoms with Crippen LogP contribution in [0.4, 0.5) is 0 Å². The van der Waals surface area contributed by atoms with Gasteiger partial charge in [0.2, 0.25) is 0 Å². The van der Waals surface area contributed by atoms with Gasteiger partial charge in [-0.15, -0.1) is 11.3 Å². The number of thiophene rings is 1. The molecular formula is C18H22N2O3S. The van der Waals surface area contributed by atoms with Crippen molar-refractivity contribution in [2.75, 3.05) is 6.61 Å². The second kappa shape index (κ2) is 7.49. The summed E-state index contributed by atoms with van der Waals surface area (Å²) in [5.41, 5.74) is 5.97. The summed E-state index contributed by atoms with van der Waals surface area (Å²) in [5.74, 6) is -0.147. The lowest BCUT2D eigenvalue weighted by Gasteiger charge is -2.19. The molecule has 0 radical (unpaired) electrons. The van der Waals surface area contributed by atoms with Crippen LogP contribution in [0.3, 0.4) is 0 Å². The maximum atomic E-state index is 11.8. The monoisotopic (exact) mass is 346 g/mol. The molecular weight excluding hydrogens is 324 g/mol. The summed E-state index contributed by atoms with van der Waals surface area (Å²) in [6.07, 6.45) is 0. The third-order valence-corrected chi connectivity index (χ3v) is 4.37. The van der Waals surface area contributed by atoms with Crippen molar-refractivity contribution in [3.05, 3.63) is 51.7 Å². The predicted octanol–water partition coefficient (Wildman–Crippen LogP) is 3.19. The Morgan fingerprint density at radius 1 is 1.04 bits per heavy atom. The van der Waals surface area contributed by atoms with Crippen molar-refractivity contribution in [2.24, 2.45) is 0 Å². The van der Waals surface area contributed by atoms with Crippen molar-refractivity contribution in [3.63, 3.8) is 0 Å². The van der Waals surface area contributed by atoms with Gasteiger partial charge in [-0.05, 0) is 42.2 Å². The first-order valence-corrected chi connectivity index (χ1v) is 8.46. The first-order valence-electron chi connectivity index (χ1n) is 7.64. The fourth-order valence-corrected chi connectivity index (χ4v) is 2.74. The lowest BCUT2D eigenvalue weighted by molar-refractivity contribution is -0.123. The van der Waals surface area contributed by atoms with E-state index in [0.29, 0.717) is 10.6 Å².